The first-order valence-corrected chi connectivity index (χ1v) is 11.9. The summed E-state index contributed by atoms with van der Waals surface area (Å²) in [4.78, 5) is 0. The van der Waals surface area contributed by atoms with E-state index in [0.29, 0.717) is 0 Å². The summed E-state index contributed by atoms with van der Waals surface area (Å²) in [6.45, 7) is 0. The Hall–Kier alpha value is 0.651. The molecule has 0 saturated heterocycles. The van der Waals surface area contributed by atoms with Gasteiger partial charge in [0.2, 0.25) is 0 Å². The summed E-state index contributed by atoms with van der Waals surface area (Å²) >= 11 is 0. The predicted octanol–water partition coefficient (Wildman–Crippen LogP) is 3.43. The van der Waals surface area contributed by atoms with Crippen molar-refractivity contribution < 1.29 is 0 Å². The summed E-state index contributed by atoms with van der Waals surface area (Å²) in [6, 6.07) is 0. The summed E-state index contributed by atoms with van der Waals surface area (Å²) in [7, 11) is 4.04. The third-order valence-corrected chi connectivity index (χ3v) is 11.9. The molecule has 82 valence electrons. The Labute approximate surface area is 102 Å². The molecule has 0 aliphatic heterocycles. The monoisotopic (exact) mass is 250 g/mol. The van der Waals surface area contributed by atoms with E-state index >= 15 is 0 Å². The first-order chi connectivity index (χ1) is 7.45. The van der Waals surface area contributed by atoms with Crippen LogP contribution in [0.4, 0.5) is 0 Å². The molecule has 0 aromatic heterocycles. The fourth-order valence-electron chi connectivity index (χ4n) is 2.74. The number of rotatable bonds is 4. The van der Waals surface area contributed by atoms with Gasteiger partial charge in [0.1, 0.15) is 0 Å². The molecular weight excluding hydrogens is 228 g/mol. The zero-order chi connectivity index (χ0) is 10.3. The van der Waals surface area contributed by atoms with Gasteiger partial charge in [-0.2, -0.15) is 0 Å². The van der Waals surface area contributed by atoms with Crippen molar-refractivity contribution in [3.05, 3.63) is 0 Å². The fraction of sp³-hybridized carbons (Fsp3) is 1.00. The van der Waals surface area contributed by atoms with Gasteiger partial charge in [0, 0.05) is 26.6 Å². The molecule has 0 aromatic rings. The van der Waals surface area contributed by atoms with Gasteiger partial charge < -0.3 is 0 Å². The van der Waals surface area contributed by atoms with Crippen molar-refractivity contribution in [2.24, 2.45) is 0 Å². The van der Waals surface area contributed by atoms with Crippen LogP contribution in [0.3, 0.4) is 0 Å². The van der Waals surface area contributed by atoms with E-state index in [0.717, 1.165) is 11.1 Å². The number of hydrogen-bond acceptors (Lipinski definition) is 0. The van der Waals surface area contributed by atoms with Gasteiger partial charge in [0.15, 0.2) is 0 Å². The van der Waals surface area contributed by atoms with E-state index in [4.69, 9.17) is 0 Å². The normalized spacial score (nSPS) is 25.6. The lowest BCUT2D eigenvalue weighted by atomic mass is 10.0. The first kappa shape index (κ1) is 12.1. The van der Waals surface area contributed by atoms with Crippen LogP contribution in [0.5, 0.6) is 0 Å². The lowest BCUT2D eigenvalue weighted by molar-refractivity contribution is 0.502. The quantitative estimate of drug-likeness (QED) is 0.671. The highest BCUT2D eigenvalue weighted by atomic mass is 29.5. The molecule has 0 N–H and O–H groups in total. The maximum Gasteiger partial charge on any atom is 0.0224 e. The molecule has 0 spiro atoms. The van der Waals surface area contributed by atoms with Crippen molar-refractivity contribution in [1.29, 1.82) is 0 Å². The lowest BCUT2D eigenvalue weighted by Gasteiger charge is -2.23. The third kappa shape index (κ3) is 4.57. The molecule has 0 aromatic carbocycles. The number of hydrogen-bond donors (Lipinski definition) is 0. The molecule has 6 radical (unpaired) electrons. The molecule has 0 unspecified atom stereocenters. The Kier molecular flexibility index (Phi) is 5.71. The molecule has 2 rings (SSSR count). The summed E-state index contributed by atoms with van der Waals surface area (Å²) in [5, 5.41) is 0. The highest BCUT2D eigenvalue weighted by molar-refractivity contribution is 7.30. The van der Waals surface area contributed by atoms with Crippen LogP contribution in [0.1, 0.15) is 64.2 Å². The van der Waals surface area contributed by atoms with Crippen LogP contribution < -0.4 is 0 Å². The van der Waals surface area contributed by atoms with Crippen molar-refractivity contribution in [1.82, 2.24) is 0 Å². The van der Waals surface area contributed by atoms with E-state index in [9.17, 15) is 0 Å². The van der Waals surface area contributed by atoms with E-state index in [1.165, 1.54) is 65.2 Å². The van der Waals surface area contributed by atoms with Gasteiger partial charge in [-0.1, -0.05) is 75.3 Å². The van der Waals surface area contributed by atoms with Crippen molar-refractivity contribution in [2.75, 3.05) is 0 Å². The molecule has 2 fully saturated rings. The molecule has 0 nitrogen and oxygen atoms in total. The molecule has 3 heteroatoms. The Morgan fingerprint density at radius 1 is 0.533 bits per heavy atom. The molecule has 0 amide bonds. The Balaban J connectivity index is 1.53. The van der Waals surface area contributed by atoms with E-state index in [1.54, 1.807) is 25.7 Å². The summed E-state index contributed by atoms with van der Waals surface area (Å²) in [5.41, 5.74) is 2.32. The van der Waals surface area contributed by atoms with Gasteiger partial charge in [-0.3, -0.25) is 0 Å². The Morgan fingerprint density at radius 3 is 1.33 bits per heavy atom. The summed E-state index contributed by atoms with van der Waals surface area (Å²) in [5.74, 6) is 0. The third-order valence-electron chi connectivity index (χ3n) is 3.76. The van der Waals surface area contributed by atoms with Gasteiger partial charge in [-0.25, -0.2) is 0 Å². The van der Waals surface area contributed by atoms with Crippen LogP contribution in [0, 0.1) is 0 Å². The minimum Gasteiger partial charge on any atom is -0.0535 e. The second-order valence-corrected chi connectivity index (χ2v) is 12.3. The molecule has 0 bridgehead atoms. The van der Waals surface area contributed by atoms with Crippen molar-refractivity contribution in [3.63, 3.8) is 0 Å². The molecule has 2 aliphatic carbocycles. The van der Waals surface area contributed by atoms with Crippen molar-refractivity contribution in [3.8, 4) is 0 Å². The predicted molar refractivity (Wildman–Crippen MR) is 70.9 cm³/mol. The maximum atomic E-state index is 1.57. The highest BCUT2D eigenvalue weighted by Gasteiger charge is 2.17. The van der Waals surface area contributed by atoms with Crippen LogP contribution in [0.15, 0.2) is 0 Å². The zero-order valence-corrected chi connectivity index (χ0v) is 12.7. The van der Waals surface area contributed by atoms with Gasteiger partial charge in [-0.15, -0.1) is 0 Å². The Morgan fingerprint density at radius 2 is 0.933 bits per heavy atom. The van der Waals surface area contributed by atoms with E-state index < -0.39 is 0 Å². The molecule has 15 heavy (non-hydrogen) atoms. The highest BCUT2D eigenvalue weighted by Crippen LogP contribution is 2.29. The van der Waals surface area contributed by atoms with Gasteiger partial charge >= 0.3 is 0 Å². The largest absolute Gasteiger partial charge is 0.0535 e. The molecular formula is C12H22Si3. The van der Waals surface area contributed by atoms with Crippen LogP contribution >= 0.6 is 0 Å². The van der Waals surface area contributed by atoms with Gasteiger partial charge in [0.05, 0.1) is 0 Å². The second kappa shape index (κ2) is 7.07. The molecule has 0 heterocycles. The van der Waals surface area contributed by atoms with E-state index in [1.807, 2.05) is 0 Å². The minimum atomic E-state index is 1.16. The molecule has 2 aliphatic rings. The van der Waals surface area contributed by atoms with Crippen LogP contribution in [-0.2, 0) is 0 Å². The van der Waals surface area contributed by atoms with Crippen molar-refractivity contribution >= 4 is 26.6 Å². The minimum absolute atomic E-state index is 1.16. The smallest absolute Gasteiger partial charge is 0.0224 e. The molecule has 0 atom stereocenters. The second-order valence-electron chi connectivity index (χ2n) is 5.08. The average molecular weight is 251 g/mol. The van der Waals surface area contributed by atoms with Crippen LogP contribution in [0.2, 0.25) is 11.1 Å². The van der Waals surface area contributed by atoms with E-state index in [2.05, 4.69) is 0 Å². The topological polar surface area (TPSA) is 0 Å². The molecule has 2 saturated carbocycles. The van der Waals surface area contributed by atoms with Crippen LogP contribution in [-0.4, -0.2) is 26.6 Å². The Bertz CT molecular complexity index is 142. The summed E-state index contributed by atoms with van der Waals surface area (Å²) in [6.07, 6.45) is 15.5. The maximum absolute atomic E-state index is 1.57. The average Bonchev–Trinajstić information content (AvgIpc) is 2.32. The lowest BCUT2D eigenvalue weighted by Crippen LogP contribution is -2.23. The van der Waals surface area contributed by atoms with Crippen molar-refractivity contribution in [2.45, 2.75) is 75.3 Å². The van der Waals surface area contributed by atoms with Crippen LogP contribution in [0.25, 0.3) is 0 Å². The van der Waals surface area contributed by atoms with Gasteiger partial charge in [0.25, 0.3) is 0 Å². The first-order valence-electron chi connectivity index (χ1n) is 6.71. The van der Waals surface area contributed by atoms with Gasteiger partial charge in [-0.05, 0) is 0 Å². The standard InChI is InChI=1S/C12H22Si3/c1-3-7-11(8-4-1)13-15-14-12-9-5-2-6-10-12/h11-12H,1-10H2. The SMILES string of the molecule is C1CCC([Si][Si][Si]C2CCCCC2)CC1. The summed E-state index contributed by atoms with van der Waals surface area (Å²) < 4.78 is 0. The van der Waals surface area contributed by atoms with E-state index in [-0.39, 0.29) is 0 Å². The zero-order valence-electron chi connectivity index (χ0n) is 9.73. The fourth-order valence-corrected chi connectivity index (χ4v) is 12.3.